The van der Waals surface area contributed by atoms with E-state index in [1.165, 1.54) is 19.2 Å². The number of pyridine rings is 2. The molecule has 0 spiro atoms. The van der Waals surface area contributed by atoms with E-state index in [4.69, 9.17) is 10.5 Å². The van der Waals surface area contributed by atoms with Crippen molar-refractivity contribution in [2.24, 2.45) is 0 Å². The quantitative estimate of drug-likeness (QED) is 0.309. The van der Waals surface area contributed by atoms with Crippen molar-refractivity contribution >= 4 is 28.3 Å². The largest absolute Gasteiger partial charge is 0.496 e. The number of anilines is 1. The predicted molar refractivity (Wildman–Crippen MR) is 140 cm³/mol. The molecule has 0 saturated carbocycles. The number of nitrogens with two attached hydrogens (primary N) is 1. The van der Waals surface area contributed by atoms with Crippen molar-refractivity contribution in [2.75, 3.05) is 12.8 Å². The van der Waals surface area contributed by atoms with E-state index in [1.807, 2.05) is 48.7 Å². The van der Waals surface area contributed by atoms with Gasteiger partial charge in [-0.25, -0.2) is 13.9 Å². The average Bonchev–Trinajstić information content (AvgIpc) is 3.55. The Morgan fingerprint density at radius 3 is 2.79 bits per heavy atom. The molecular weight excluding hydrogens is 487 g/mol. The molecule has 188 valence electrons. The summed E-state index contributed by atoms with van der Waals surface area (Å²) in [5.41, 5.74) is 10.8. The predicted octanol–water partition coefficient (Wildman–Crippen LogP) is 3.99. The maximum atomic E-state index is 13.6. The number of methoxy groups -OCH3 is 1. The van der Waals surface area contributed by atoms with Crippen molar-refractivity contribution in [3.8, 4) is 28.4 Å². The zero-order valence-corrected chi connectivity index (χ0v) is 20.1. The van der Waals surface area contributed by atoms with Crippen LogP contribution in [-0.4, -0.2) is 42.8 Å². The molecular formula is C27H21FN8O2. The number of amides is 1. The minimum atomic E-state index is -0.513. The molecule has 0 fully saturated rings. The lowest BCUT2D eigenvalue weighted by Gasteiger charge is -2.10. The second-order valence-corrected chi connectivity index (χ2v) is 8.54. The van der Waals surface area contributed by atoms with Crippen LogP contribution in [0.2, 0.25) is 0 Å². The zero-order chi connectivity index (χ0) is 26.2. The van der Waals surface area contributed by atoms with Gasteiger partial charge < -0.3 is 15.8 Å². The molecule has 0 bridgehead atoms. The first kappa shape index (κ1) is 23.1. The highest BCUT2D eigenvalue weighted by Gasteiger charge is 2.19. The van der Waals surface area contributed by atoms with Crippen molar-refractivity contribution in [2.45, 2.75) is 6.54 Å². The van der Waals surface area contributed by atoms with Crippen LogP contribution in [0.15, 0.2) is 73.1 Å². The SMILES string of the molecule is COc1ccc(F)cc1C(=O)NCc1ccc(-c2ncc(-c3nc4ccccn4n3)c3[nH]nc(N)c23)cc1. The van der Waals surface area contributed by atoms with Crippen LogP contribution in [0.5, 0.6) is 5.75 Å². The molecule has 1 amide bonds. The van der Waals surface area contributed by atoms with Crippen molar-refractivity contribution in [3.63, 3.8) is 0 Å². The van der Waals surface area contributed by atoms with Crippen molar-refractivity contribution in [1.82, 2.24) is 35.1 Å². The summed E-state index contributed by atoms with van der Waals surface area (Å²) in [6.07, 6.45) is 3.52. The summed E-state index contributed by atoms with van der Waals surface area (Å²) < 4.78 is 20.5. The number of carbonyl (C=O) groups excluding carboxylic acids is 1. The van der Waals surface area contributed by atoms with Crippen LogP contribution < -0.4 is 15.8 Å². The number of nitrogens with zero attached hydrogens (tertiary/aromatic N) is 5. The molecule has 6 rings (SSSR count). The molecule has 4 heterocycles. The number of benzene rings is 2. The number of nitrogen functional groups attached to an aromatic ring is 1. The molecule has 0 aliphatic rings. The van der Waals surface area contributed by atoms with E-state index in [0.717, 1.165) is 17.2 Å². The summed E-state index contributed by atoms with van der Waals surface area (Å²) in [7, 11) is 1.43. The van der Waals surface area contributed by atoms with Crippen molar-refractivity contribution in [1.29, 1.82) is 0 Å². The van der Waals surface area contributed by atoms with Gasteiger partial charge >= 0.3 is 0 Å². The van der Waals surface area contributed by atoms with Gasteiger partial charge in [-0.15, -0.1) is 5.10 Å². The van der Waals surface area contributed by atoms with E-state index in [9.17, 15) is 9.18 Å². The van der Waals surface area contributed by atoms with Crippen LogP contribution in [0.4, 0.5) is 10.2 Å². The highest BCUT2D eigenvalue weighted by molar-refractivity contribution is 6.05. The topological polar surface area (TPSA) is 136 Å². The lowest BCUT2D eigenvalue weighted by atomic mass is 10.0. The Kier molecular flexibility index (Phi) is 5.64. The molecule has 11 heteroatoms. The second-order valence-electron chi connectivity index (χ2n) is 8.54. The summed E-state index contributed by atoms with van der Waals surface area (Å²) in [5.74, 6) is 0.171. The monoisotopic (exact) mass is 508 g/mol. The molecule has 0 aliphatic carbocycles. The third-order valence-corrected chi connectivity index (χ3v) is 6.19. The average molecular weight is 509 g/mol. The molecule has 10 nitrogen and oxygen atoms in total. The molecule has 2 aromatic carbocycles. The van der Waals surface area contributed by atoms with E-state index >= 15 is 0 Å². The Balaban J connectivity index is 1.27. The first-order valence-corrected chi connectivity index (χ1v) is 11.7. The van der Waals surface area contributed by atoms with Crippen LogP contribution in [0.1, 0.15) is 15.9 Å². The number of aromatic nitrogens is 6. The number of fused-ring (bicyclic) bond motifs is 2. The third kappa shape index (κ3) is 4.05. The Morgan fingerprint density at radius 1 is 1.16 bits per heavy atom. The number of hydrogen-bond acceptors (Lipinski definition) is 7. The number of halogens is 1. The fourth-order valence-electron chi connectivity index (χ4n) is 4.30. The molecule has 4 N–H and O–H groups in total. The minimum absolute atomic E-state index is 0.131. The Bertz CT molecular complexity index is 1780. The smallest absolute Gasteiger partial charge is 0.255 e. The number of ether oxygens (including phenoxy) is 1. The van der Waals surface area contributed by atoms with Gasteiger partial charge in [0.25, 0.3) is 5.91 Å². The lowest BCUT2D eigenvalue weighted by molar-refractivity contribution is 0.0947. The van der Waals surface area contributed by atoms with Gasteiger partial charge in [0.15, 0.2) is 17.3 Å². The minimum Gasteiger partial charge on any atom is -0.496 e. The van der Waals surface area contributed by atoms with Crippen LogP contribution in [0, 0.1) is 5.82 Å². The third-order valence-electron chi connectivity index (χ3n) is 6.19. The summed E-state index contributed by atoms with van der Waals surface area (Å²) in [6.45, 7) is 0.244. The van der Waals surface area contributed by atoms with Gasteiger partial charge in [0.1, 0.15) is 11.6 Å². The van der Waals surface area contributed by atoms with Crippen LogP contribution in [0.25, 0.3) is 39.2 Å². The van der Waals surface area contributed by atoms with E-state index < -0.39 is 11.7 Å². The molecule has 4 aromatic heterocycles. The molecule has 0 radical (unpaired) electrons. The summed E-state index contributed by atoms with van der Waals surface area (Å²) >= 11 is 0. The van der Waals surface area contributed by atoms with E-state index in [0.29, 0.717) is 45.2 Å². The fraction of sp³-hybridized carbons (Fsp3) is 0.0741. The number of hydrogen-bond donors (Lipinski definition) is 3. The summed E-state index contributed by atoms with van der Waals surface area (Å²) in [4.78, 5) is 21.9. The maximum Gasteiger partial charge on any atom is 0.255 e. The zero-order valence-electron chi connectivity index (χ0n) is 20.1. The van der Waals surface area contributed by atoms with Crippen molar-refractivity contribution < 1.29 is 13.9 Å². The number of carbonyl (C=O) groups is 1. The molecule has 0 atom stereocenters. The van der Waals surface area contributed by atoms with Gasteiger partial charge in [-0.2, -0.15) is 5.10 Å². The maximum absolute atomic E-state index is 13.6. The summed E-state index contributed by atoms with van der Waals surface area (Å²) in [5, 5.41) is 15.2. The molecule has 0 aliphatic heterocycles. The molecule has 0 saturated heterocycles. The number of nitrogens with one attached hydrogen (secondary N) is 2. The van der Waals surface area contributed by atoms with E-state index in [1.54, 1.807) is 10.7 Å². The number of H-pyrrole nitrogens is 1. The highest BCUT2D eigenvalue weighted by Crippen LogP contribution is 2.34. The van der Waals surface area contributed by atoms with Gasteiger partial charge in [-0.1, -0.05) is 30.3 Å². The van der Waals surface area contributed by atoms with Crippen LogP contribution in [0.3, 0.4) is 0 Å². The van der Waals surface area contributed by atoms with E-state index in [-0.39, 0.29) is 12.1 Å². The lowest BCUT2D eigenvalue weighted by Crippen LogP contribution is -2.23. The molecule has 0 unspecified atom stereocenters. The van der Waals surface area contributed by atoms with Gasteiger partial charge in [0.05, 0.1) is 34.8 Å². The first-order valence-electron chi connectivity index (χ1n) is 11.7. The fourth-order valence-corrected chi connectivity index (χ4v) is 4.30. The van der Waals surface area contributed by atoms with E-state index in [2.05, 4.69) is 30.6 Å². The van der Waals surface area contributed by atoms with Crippen LogP contribution in [-0.2, 0) is 6.54 Å². The molecule has 38 heavy (non-hydrogen) atoms. The highest BCUT2D eigenvalue weighted by atomic mass is 19.1. The van der Waals surface area contributed by atoms with Gasteiger partial charge in [0.2, 0.25) is 0 Å². The number of aromatic amines is 1. The van der Waals surface area contributed by atoms with Gasteiger partial charge in [0, 0.05) is 24.5 Å². The Hall–Kier alpha value is -5.32. The normalized spacial score (nSPS) is 11.2. The van der Waals surface area contributed by atoms with Gasteiger partial charge in [-0.05, 0) is 35.9 Å². The van der Waals surface area contributed by atoms with Gasteiger partial charge in [-0.3, -0.25) is 14.9 Å². The Morgan fingerprint density at radius 2 is 2.00 bits per heavy atom. The standard InChI is InChI=1S/C27H21FN8O2/c1-38-20-10-9-17(28)12-18(20)27(37)31-13-15-5-7-16(8-6-15)23-22-24(33-34-25(22)29)19(14-30-23)26-32-21-4-2-3-11-36(21)35-26/h2-12,14H,13H2,1H3,(H,31,37)(H3,29,33,34). The first-order chi connectivity index (χ1) is 18.5. The van der Waals surface area contributed by atoms with Crippen LogP contribution >= 0.6 is 0 Å². The van der Waals surface area contributed by atoms with Crippen molar-refractivity contribution in [3.05, 3.63) is 90.0 Å². The molecule has 6 aromatic rings. The summed E-state index contributed by atoms with van der Waals surface area (Å²) in [6, 6.07) is 17.0. The number of rotatable bonds is 6. The Labute approximate surface area is 215 Å². The second kappa shape index (κ2) is 9.28.